The number of ketones is 1. The van der Waals surface area contributed by atoms with E-state index < -0.39 is 0 Å². The van der Waals surface area contributed by atoms with E-state index in [0.717, 1.165) is 21.7 Å². The van der Waals surface area contributed by atoms with Gasteiger partial charge in [-0.05, 0) is 54.0 Å². The van der Waals surface area contributed by atoms with Crippen molar-refractivity contribution in [1.29, 1.82) is 0 Å². The van der Waals surface area contributed by atoms with Gasteiger partial charge in [0.05, 0.1) is 32.8 Å². The number of hydrogen-bond donors (Lipinski definition) is 3. The van der Waals surface area contributed by atoms with Crippen LogP contribution in [0.4, 0.5) is 5.82 Å². The summed E-state index contributed by atoms with van der Waals surface area (Å²) in [5.74, 6) is 1.83. The fourth-order valence-electron chi connectivity index (χ4n) is 4.94. The van der Waals surface area contributed by atoms with Crippen LogP contribution in [0.15, 0.2) is 39.6 Å². The number of H-pyrrole nitrogens is 2. The van der Waals surface area contributed by atoms with Crippen LogP contribution in [0.5, 0.6) is 17.2 Å². The molecule has 9 heteroatoms. The van der Waals surface area contributed by atoms with Crippen molar-refractivity contribution in [2.75, 3.05) is 26.6 Å². The van der Waals surface area contributed by atoms with Crippen LogP contribution in [-0.4, -0.2) is 37.3 Å². The molecule has 33 heavy (non-hydrogen) atoms. The molecule has 0 amide bonds. The Hall–Kier alpha value is -3.46. The van der Waals surface area contributed by atoms with E-state index in [2.05, 4.69) is 15.5 Å². The number of aromatic nitrogens is 2. The number of carbonyl (C=O) groups excluding carboxylic acids is 1. The number of methoxy groups -OCH3 is 3. The lowest BCUT2D eigenvalue weighted by atomic mass is 9.74. The van der Waals surface area contributed by atoms with Gasteiger partial charge >= 0.3 is 0 Å². The standard InChI is InChI=1S/C24H25N3O5S/c1-11-5-6-33-22(11)19-18-14(25-23-20(19)24(29)27-26-23)7-12(8-15(18)28)13-9-16(30-2)21(32-4)17(10-13)31-3/h5-6,9-10,12,19H,7-8H2,1-4H3,(H3,25,26,27,29)/t12-,19-/m0/s1. The van der Waals surface area contributed by atoms with E-state index in [4.69, 9.17) is 14.2 Å². The van der Waals surface area contributed by atoms with E-state index in [1.165, 1.54) is 0 Å². The highest BCUT2D eigenvalue weighted by molar-refractivity contribution is 7.10. The molecule has 0 fully saturated rings. The van der Waals surface area contributed by atoms with E-state index in [1.54, 1.807) is 32.7 Å². The van der Waals surface area contributed by atoms with E-state index in [-0.39, 0.29) is 23.2 Å². The number of benzene rings is 1. The van der Waals surface area contributed by atoms with Crippen LogP contribution >= 0.6 is 11.3 Å². The number of anilines is 1. The van der Waals surface area contributed by atoms with E-state index in [1.807, 2.05) is 30.5 Å². The Morgan fingerprint density at radius 1 is 1.00 bits per heavy atom. The molecule has 5 rings (SSSR count). The van der Waals surface area contributed by atoms with E-state index >= 15 is 0 Å². The minimum absolute atomic E-state index is 0.0338. The highest BCUT2D eigenvalue weighted by Gasteiger charge is 2.41. The molecule has 1 aliphatic carbocycles. The number of aromatic amines is 2. The molecule has 0 spiro atoms. The van der Waals surface area contributed by atoms with Crippen LogP contribution in [-0.2, 0) is 4.79 Å². The molecular formula is C24H25N3O5S. The van der Waals surface area contributed by atoms with Crippen molar-refractivity contribution in [3.63, 3.8) is 0 Å². The Bertz CT molecular complexity index is 1310. The number of fused-ring (bicyclic) bond motifs is 1. The highest BCUT2D eigenvalue weighted by Crippen LogP contribution is 2.49. The predicted molar refractivity (Wildman–Crippen MR) is 126 cm³/mol. The molecule has 3 aromatic rings. The van der Waals surface area contributed by atoms with Gasteiger partial charge in [-0.15, -0.1) is 11.3 Å². The zero-order valence-electron chi connectivity index (χ0n) is 18.8. The molecule has 0 saturated heterocycles. The van der Waals surface area contributed by atoms with Crippen LogP contribution in [0.25, 0.3) is 0 Å². The van der Waals surface area contributed by atoms with E-state index in [9.17, 15) is 9.59 Å². The first-order valence-electron chi connectivity index (χ1n) is 10.6. The number of hydrogen-bond acceptors (Lipinski definition) is 7. The number of thiophene rings is 1. The maximum absolute atomic E-state index is 13.6. The smallest absolute Gasteiger partial charge is 0.270 e. The van der Waals surface area contributed by atoms with Crippen LogP contribution in [0.3, 0.4) is 0 Å². The molecule has 0 bridgehead atoms. The van der Waals surface area contributed by atoms with Crippen molar-refractivity contribution in [2.24, 2.45) is 0 Å². The zero-order chi connectivity index (χ0) is 23.3. The van der Waals surface area contributed by atoms with Crippen molar-refractivity contribution in [2.45, 2.75) is 31.6 Å². The van der Waals surface area contributed by atoms with Crippen molar-refractivity contribution in [3.8, 4) is 17.2 Å². The Morgan fingerprint density at radius 2 is 1.73 bits per heavy atom. The number of aryl methyl sites for hydroxylation is 1. The number of carbonyl (C=O) groups is 1. The first kappa shape index (κ1) is 21.4. The fourth-order valence-corrected chi connectivity index (χ4v) is 5.98. The monoisotopic (exact) mass is 467 g/mol. The normalized spacial score (nSPS) is 19.6. The topological polar surface area (TPSA) is 105 Å². The summed E-state index contributed by atoms with van der Waals surface area (Å²) in [6.45, 7) is 2.01. The second-order valence-electron chi connectivity index (χ2n) is 8.27. The molecule has 172 valence electrons. The summed E-state index contributed by atoms with van der Waals surface area (Å²) in [6.07, 6.45) is 0.949. The largest absolute Gasteiger partial charge is 0.493 e. The molecule has 2 atom stereocenters. The molecule has 8 nitrogen and oxygen atoms in total. The SMILES string of the molecule is COc1cc([C@@H]2CC(=O)C3=C(C2)Nc2[nH][nH]c(=O)c2[C@H]3c2sccc2C)cc(OC)c1OC. The summed E-state index contributed by atoms with van der Waals surface area (Å²) in [5, 5.41) is 11.0. The predicted octanol–water partition coefficient (Wildman–Crippen LogP) is 4.06. The number of Topliss-reactive ketones (excluding diaryl/α,β-unsaturated/α-hetero) is 1. The number of rotatable bonds is 5. The molecular weight excluding hydrogens is 442 g/mol. The van der Waals surface area contributed by atoms with E-state index in [0.29, 0.717) is 47.0 Å². The maximum Gasteiger partial charge on any atom is 0.270 e. The molecule has 1 aliphatic heterocycles. The summed E-state index contributed by atoms with van der Waals surface area (Å²) < 4.78 is 16.5. The third-order valence-electron chi connectivity index (χ3n) is 6.50. The minimum atomic E-state index is -0.375. The maximum atomic E-state index is 13.6. The van der Waals surface area contributed by atoms with Crippen molar-refractivity contribution < 1.29 is 19.0 Å². The first-order valence-corrected chi connectivity index (χ1v) is 11.5. The van der Waals surface area contributed by atoms with Gasteiger partial charge in [-0.2, -0.15) is 0 Å². The van der Waals surface area contributed by atoms with Gasteiger partial charge in [0.2, 0.25) is 5.75 Å². The van der Waals surface area contributed by atoms with Gasteiger partial charge in [0.15, 0.2) is 17.3 Å². The minimum Gasteiger partial charge on any atom is -0.493 e. The van der Waals surface area contributed by atoms with Gasteiger partial charge in [-0.25, -0.2) is 0 Å². The highest BCUT2D eigenvalue weighted by atomic mass is 32.1. The molecule has 2 aliphatic rings. The van der Waals surface area contributed by atoms with Gasteiger partial charge in [-0.3, -0.25) is 19.8 Å². The lowest BCUT2D eigenvalue weighted by Gasteiger charge is -2.34. The molecule has 0 saturated carbocycles. The van der Waals surface area contributed by atoms with Crippen molar-refractivity contribution in [3.05, 3.63) is 66.8 Å². The van der Waals surface area contributed by atoms with Gasteiger partial charge < -0.3 is 19.5 Å². The van der Waals surface area contributed by atoms with Gasteiger partial charge in [0.25, 0.3) is 5.56 Å². The number of ether oxygens (including phenoxy) is 3. The summed E-state index contributed by atoms with van der Waals surface area (Å²) >= 11 is 1.57. The van der Waals surface area contributed by atoms with Gasteiger partial charge in [0.1, 0.15) is 5.82 Å². The van der Waals surface area contributed by atoms with Gasteiger partial charge in [-0.1, -0.05) is 0 Å². The second-order valence-corrected chi connectivity index (χ2v) is 9.22. The third-order valence-corrected chi connectivity index (χ3v) is 7.58. The second kappa shape index (κ2) is 8.15. The zero-order valence-corrected chi connectivity index (χ0v) is 19.6. The Kier molecular flexibility index (Phi) is 5.28. The van der Waals surface area contributed by atoms with Crippen molar-refractivity contribution >= 4 is 22.9 Å². The average molecular weight is 468 g/mol. The fraction of sp³-hybridized carbons (Fsp3) is 0.333. The summed E-state index contributed by atoms with van der Waals surface area (Å²) in [6, 6.07) is 5.82. The number of nitrogens with one attached hydrogen (secondary N) is 3. The molecule has 3 heterocycles. The summed E-state index contributed by atoms with van der Waals surface area (Å²) in [7, 11) is 4.72. The lowest BCUT2D eigenvalue weighted by molar-refractivity contribution is -0.116. The molecule has 2 aromatic heterocycles. The van der Waals surface area contributed by atoms with Crippen molar-refractivity contribution in [1.82, 2.24) is 10.2 Å². The summed E-state index contributed by atoms with van der Waals surface area (Å²) in [4.78, 5) is 27.3. The van der Waals surface area contributed by atoms with Crippen LogP contribution in [0.1, 0.15) is 46.2 Å². The Labute approximate surface area is 194 Å². The first-order chi connectivity index (χ1) is 16.0. The quantitative estimate of drug-likeness (QED) is 0.523. The van der Waals surface area contributed by atoms with Crippen LogP contribution < -0.4 is 25.1 Å². The third kappa shape index (κ3) is 3.34. The summed E-state index contributed by atoms with van der Waals surface area (Å²) in [5.41, 5.74) is 3.89. The van der Waals surface area contributed by atoms with Crippen LogP contribution in [0.2, 0.25) is 0 Å². The number of allylic oxidation sites excluding steroid dienone is 2. The Balaban J connectivity index is 1.60. The lowest BCUT2D eigenvalue weighted by Crippen LogP contribution is -2.31. The molecule has 0 radical (unpaired) electrons. The molecule has 3 N–H and O–H groups in total. The average Bonchev–Trinajstić information content (AvgIpc) is 3.41. The van der Waals surface area contributed by atoms with Gasteiger partial charge in [0, 0.05) is 22.6 Å². The molecule has 1 aromatic carbocycles. The van der Waals surface area contributed by atoms with Crippen LogP contribution in [0, 0.1) is 6.92 Å². The Morgan fingerprint density at radius 3 is 2.33 bits per heavy atom. The molecule has 0 unspecified atom stereocenters.